The molecule has 1 N–H and O–H groups in total. The van der Waals surface area contributed by atoms with Crippen LogP contribution in [-0.4, -0.2) is 11.0 Å². The van der Waals surface area contributed by atoms with Gasteiger partial charge in [-0.15, -0.1) is 11.3 Å². The van der Waals surface area contributed by atoms with E-state index in [0.717, 1.165) is 24.3 Å². The van der Waals surface area contributed by atoms with Crippen LogP contribution >= 0.6 is 11.3 Å². The van der Waals surface area contributed by atoms with Crippen molar-refractivity contribution in [1.29, 1.82) is 0 Å². The first kappa shape index (κ1) is 13.0. The summed E-state index contributed by atoms with van der Waals surface area (Å²) in [6.45, 7) is 8.04. The first-order valence-corrected chi connectivity index (χ1v) is 7.71. The van der Waals surface area contributed by atoms with Crippen LogP contribution in [0.25, 0.3) is 0 Å². The molecule has 0 amide bonds. The molecule has 1 aliphatic carbocycles. The van der Waals surface area contributed by atoms with Gasteiger partial charge in [-0.05, 0) is 30.6 Å². The summed E-state index contributed by atoms with van der Waals surface area (Å²) in [4.78, 5) is 4.35. The average Bonchev–Trinajstić information content (AvgIpc) is 2.78. The zero-order valence-electron chi connectivity index (χ0n) is 11.1. The highest BCUT2D eigenvalue weighted by molar-refractivity contribution is 7.07. The molecule has 0 spiro atoms. The van der Waals surface area contributed by atoms with E-state index in [1.54, 1.807) is 11.3 Å². The molecule has 3 atom stereocenters. The molecule has 1 aromatic rings. The Labute approximate surface area is 109 Å². The maximum atomic E-state index is 4.35. The zero-order valence-corrected chi connectivity index (χ0v) is 12.0. The summed E-state index contributed by atoms with van der Waals surface area (Å²) >= 11 is 1.68. The lowest BCUT2D eigenvalue weighted by molar-refractivity contribution is 0.169. The molecule has 17 heavy (non-hydrogen) atoms. The maximum absolute atomic E-state index is 4.35. The highest BCUT2D eigenvalue weighted by atomic mass is 32.1. The van der Waals surface area contributed by atoms with Crippen molar-refractivity contribution in [3.8, 4) is 0 Å². The molecular formula is C14H24N2S. The van der Waals surface area contributed by atoms with Crippen molar-refractivity contribution < 1.29 is 0 Å². The highest BCUT2D eigenvalue weighted by Crippen LogP contribution is 2.33. The van der Waals surface area contributed by atoms with E-state index in [0.29, 0.717) is 6.04 Å². The van der Waals surface area contributed by atoms with Gasteiger partial charge in [0.15, 0.2) is 0 Å². The van der Waals surface area contributed by atoms with Crippen molar-refractivity contribution in [3.05, 3.63) is 16.6 Å². The monoisotopic (exact) mass is 252 g/mol. The Morgan fingerprint density at radius 2 is 2.29 bits per heavy atom. The van der Waals surface area contributed by atoms with Crippen LogP contribution in [0.2, 0.25) is 0 Å². The number of nitrogens with zero attached hydrogens (tertiary/aromatic N) is 1. The standard InChI is InChI=1S/C14H24N2S/c1-10(2)13-5-4-11(3)6-14(13)15-7-12-8-17-9-16-12/h8-11,13-15H,4-7H2,1-3H3. The number of hydrogen-bond donors (Lipinski definition) is 1. The second-order valence-electron chi connectivity index (χ2n) is 5.79. The van der Waals surface area contributed by atoms with Gasteiger partial charge in [0.05, 0.1) is 11.2 Å². The summed E-state index contributed by atoms with van der Waals surface area (Å²) in [5.74, 6) is 2.50. The lowest BCUT2D eigenvalue weighted by Gasteiger charge is -2.37. The van der Waals surface area contributed by atoms with Gasteiger partial charge < -0.3 is 5.32 Å². The summed E-state index contributed by atoms with van der Waals surface area (Å²) < 4.78 is 0. The molecule has 2 nitrogen and oxygen atoms in total. The predicted octanol–water partition coefficient (Wildman–Crippen LogP) is 3.69. The molecule has 3 heteroatoms. The van der Waals surface area contributed by atoms with Crippen LogP contribution < -0.4 is 5.32 Å². The highest BCUT2D eigenvalue weighted by Gasteiger charge is 2.30. The average molecular weight is 252 g/mol. The smallest absolute Gasteiger partial charge is 0.0795 e. The second kappa shape index (κ2) is 5.96. The van der Waals surface area contributed by atoms with Gasteiger partial charge in [0, 0.05) is 18.0 Å². The van der Waals surface area contributed by atoms with Crippen molar-refractivity contribution in [3.63, 3.8) is 0 Å². The fourth-order valence-corrected chi connectivity index (χ4v) is 3.56. The Morgan fingerprint density at radius 1 is 1.47 bits per heavy atom. The van der Waals surface area contributed by atoms with E-state index in [9.17, 15) is 0 Å². The fourth-order valence-electron chi connectivity index (χ4n) is 3.00. The van der Waals surface area contributed by atoms with Crippen LogP contribution in [0.1, 0.15) is 45.7 Å². The molecule has 1 aromatic heterocycles. The topological polar surface area (TPSA) is 24.9 Å². The first-order valence-electron chi connectivity index (χ1n) is 6.77. The minimum Gasteiger partial charge on any atom is -0.308 e. The Balaban J connectivity index is 1.90. The minimum atomic E-state index is 0.681. The van der Waals surface area contributed by atoms with E-state index in [-0.39, 0.29) is 0 Å². The summed E-state index contributed by atoms with van der Waals surface area (Å²) in [7, 11) is 0. The van der Waals surface area contributed by atoms with E-state index in [1.807, 2.05) is 5.51 Å². The third kappa shape index (κ3) is 3.52. The Morgan fingerprint density at radius 3 is 2.94 bits per heavy atom. The van der Waals surface area contributed by atoms with Crippen molar-refractivity contribution in [2.24, 2.45) is 17.8 Å². The molecule has 1 heterocycles. The predicted molar refractivity (Wildman–Crippen MR) is 74.1 cm³/mol. The summed E-state index contributed by atoms with van der Waals surface area (Å²) in [5, 5.41) is 5.87. The van der Waals surface area contributed by atoms with Gasteiger partial charge in [0.1, 0.15) is 0 Å². The van der Waals surface area contributed by atoms with E-state index in [1.165, 1.54) is 25.0 Å². The molecule has 2 rings (SSSR count). The molecule has 1 saturated carbocycles. The first-order chi connectivity index (χ1) is 8.16. The molecule has 0 aromatic carbocycles. The largest absolute Gasteiger partial charge is 0.308 e. The SMILES string of the molecule is CC1CCC(C(C)C)C(NCc2cscn2)C1. The van der Waals surface area contributed by atoms with Crippen molar-refractivity contribution in [2.75, 3.05) is 0 Å². The normalized spacial score (nSPS) is 29.8. The molecule has 3 unspecified atom stereocenters. The lowest BCUT2D eigenvalue weighted by atomic mass is 9.74. The molecule has 0 aliphatic heterocycles. The van der Waals surface area contributed by atoms with Gasteiger partial charge in [-0.25, -0.2) is 4.98 Å². The molecule has 0 saturated heterocycles. The third-order valence-electron chi connectivity index (χ3n) is 4.05. The summed E-state index contributed by atoms with van der Waals surface area (Å²) in [5.41, 5.74) is 3.11. The quantitative estimate of drug-likeness (QED) is 0.884. The molecule has 1 fully saturated rings. The van der Waals surface area contributed by atoms with Gasteiger partial charge in [-0.2, -0.15) is 0 Å². The van der Waals surface area contributed by atoms with Gasteiger partial charge in [0.2, 0.25) is 0 Å². The minimum absolute atomic E-state index is 0.681. The van der Waals surface area contributed by atoms with E-state index >= 15 is 0 Å². The third-order valence-corrected chi connectivity index (χ3v) is 4.69. The van der Waals surface area contributed by atoms with Crippen molar-refractivity contribution in [2.45, 2.75) is 52.6 Å². The molecule has 0 bridgehead atoms. The van der Waals surface area contributed by atoms with Gasteiger partial charge >= 0.3 is 0 Å². The molecule has 96 valence electrons. The van der Waals surface area contributed by atoms with Gasteiger partial charge in [-0.1, -0.05) is 27.2 Å². The Bertz CT molecular complexity index is 321. The lowest BCUT2D eigenvalue weighted by Crippen LogP contribution is -2.42. The van der Waals surface area contributed by atoms with Crippen LogP contribution in [0.5, 0.6) is 0 Å². The Kier molecular flexibility index (Phi) is 4.57. The molecule has 0 radical (unpaired) electrons. The van der Waals surface area contributed by atoms with Gasteiger partial charge in [-0.3, -0.25) is 0 Å². The number of thiazole rings is 1. The zero-order chi connectivity index (χ0) is 12.3. The number of aromatic nitrogens is 1. The van der Waals surface area contributed by atoms with Crippen molar-refractivity contribution >= 4 is 11.3 Å². The maximum Gasteiger partial charge on any atom is 0.0795 e. The Hall–Kier alpha value is -0.410. The fraction of sp³-hybridized carbons (Fsp3) is 0.786. The van der Waals surface area contributed by atoms with Crippen LogP contribution in [0, 0.1) is 17.8 Å². The van der Waals surface area contributed by atoms with Crippen LogP contribution in [0.3, 0.4) is 0 Å². The number of hydrogen-bond acceptors (Lipinski definition) is 3. The number of rotatable bonds is 4. The van der Waals surface area contributed by atoms with Crippen LogP contribution in [0.15, 0.2) is 10.9 Å². The van der Waals surface area contributed by atoms with Crippen molar-refractivity contribution in [1.82, 2.24) is 10.3 Å². The van der Waals surface area contributed by atoms with Crippen LogP contribution in [-0.2, 0) is 6.54 Å². The summed E-state index contributed by atoms with van der Waals surface area (Å²) in [6.07, 6.45) is 4.11. The van der Waals surface area contributed by atoms with E-state index in [2.05, 4.69) is 36.5 Å². The molecular weight excluding hydrogens is 228 g/mol. The van der Waals surface area contributed by atoms with Gasteiger partial charge in [0.25, 0.3) is 0 Å². The second-order valence-corrected chi connectivity index (χ2v) is 6.51. The number of nitrogens with one attached hydrogen (secondary N) is 1. The van der Waals surface area contributed by atoms with E-state index < -0.39 is 0 Å². The molecule has 1 aliphatic rings. The van der Waals surface area contributed by atoms with Crippen LogP contribution in [0.4, 0.5) is 0 Å². The summed E-state index contributed by atoms with van der Waals surface area (Å²) in [6, 6.07) is 0.681. The van der Waals surface area contributed by atoms with E-state index in [4.69, 9.17) is 0 Å².